The van der Waals surface area contributed by atoms with Crippen LogP contribution in [0.5, 0.6) is 5.75 Å². The van der Waals surface area contributed by atoms with Crippen LogP contribution in [0.15, 0.2) is 48.5 Å². The molecule has 1 aliphatic heterocycles. The van der Waals surface area contributed by atoms with E-state index in [2.05, 4.69) is 22.3 Å². The van der Waals surface area contributed by atoms with E-state index < -0.39 is 0 Å². The quantitative estimate of drug-likeness (QED) is 0.821. The molecule has 1 N–H and O–H groups in total. The second-order valence-electron chi connectivity index (χ2n) is 6.60. The number of amides is 1. The number of ether oxygens (including phenoxy) is 1. The highest BCUT2D eigenvalue weighted by Gasteiger charge is 2.23. The van der Waals surface area contributed by atoms with Crippen LogP contribution in [0, 0.1) is 0 Å². The predicted octanol–water partition coefficient (Wildman–Crippen LogP) is 4.31. The Kier molecular flexibility index (Phi) is 6.53. The van der Waals surface area contributed by atoms with E-state index in [0.717, 1.165) is 23.9 Å². The summed E-state index contributed by atoms with van der Waals surface area (Å²) in [6.45, 7) is 2.70. The van der Waals surface area contributed by atoms with Gasteiger partial charge in [0.05, 0.1) is 13.2 Å². The Hall–Kier alpha value is -2.04. The molecule has 2 aromatic rings. The molecule has 1 atom stereocenters. The molecule has 3 rings (SSSR count). The fourth-order valence-corrected chi connectivity index (χ4v) is 3.53. The van der Waals surface area contributed by atoms with Crippen LogP contribution in [-0.4, -0.2) is 37.6 Å². The predicted molar refractivity (Wildman–Crippen MR) is 105 cm³/mol. The third-order valence-electron chi connectivity index (χ3n) is 4.89. The Labute approximate surface area is 160 Å². The average molecular weight is 373 g/mol. The number of likely N-dealkylation sites (tertiary alicyclic amines) is 1. The first-order valence-electron chi connectivity index (χ1n) is 9.09. The average Bonchev–Trinajstić information content (AvgIpc) is 2.70. The van der Waals surface area contributed by atoms with Gasteiger partial charge in [0.15, 0.2) is 0 Å². The lowest BCUT2D eigenvalue weighted by atomic mass is 10.0. The van der Waals surface area contributed by atoms with E-state index in [4.69, 9.17) is 16.3 Å². The summed E-state index contributed by atoms with van der Waals surface area (Å²) in [5.74, 6) is 0.678. The number of benzene rings is 2. The highest BCUT2D eigenvalue weighted by atomic mass is 35.5. The van der Waals surface area contributed by atoms with E-state index >= 15 is 0 Å². The van der Waals surface area contributed by atoms with Crippen molar-refractivity contribution in [3.63, 3.8) is 0 Å². The fraction of sp³-hybridized carbons (Fsp3) is 0.381. The van der Waals surface area contributed by atoms with Gasteiger partial charge >= 0.3 is 0 Å². The van der Waals surface area contributed by atoms with Gasteiger partial charge in [0, 0.05) is 17.1 Å². The van der Waals surface area contributed by atoms with E-state index in [1.807, 2.05) is 12.1 Å². The van der Waals surface area contributed by atoms with Crippen molar-refractivity contribution >= 4 is 17.5 Å². The first kappa shape index (κ1) is 18.7. The van der Waals surface area contributed by atoms with Gasteiger partial charge in [-0.05, 0) is 67.9 Å². The van der Waals surface area contributed by atoms with Crippen LogP contribution in [0.2, 0.25) is 5.02 Å². The van der Waals surface area contributed by atoms with Crippen molar-refractivity contribution in [3.05, 3.63) is 64.7 Å². The second-order valence-corrected chi connectivity index (χ2v) is 7.04. The molecule has 4 nitrogen and oxygen atoms in total. The van der Waals surface area contributed by atoms with Crippen molar-refractivity contribution in [1.29, 1.82) is 0 Å². The zero-order valence-corrected chi connectivity index (χ0v) is 15.8. The monoisotopic (exact) mass is 372 g/mol. The molecule has 0 bridgehead atoms. The third-order valence-corrected chi connectivity index (χ3v) is 5.15. The molecule has 2 aromatic carbocycles. The van der Waals surface area contributed by atoms with Gasteiger partial charge in [0.2, 0.25) is 0 Å². The Morgan fingerprint density at radius 1 is 1.08 bits per heavy atom. The molecule has 1 saturated heterocycles. The number of hydrogen-bond donors (Lipinski definition) is 1. The number of piperidine rings is 1. The summed E-state index contributed by atoms with van der Waals surface area (Å²) in [6, 6.07) is 15.3. The number of methoxy groups -OCH3 is 1. The van der Waals surface area contributed by atoms with E-state index in [9.17, 15) is 4.79 Å². The topological polar surface area (TPSA) is 41.6 Å². The Bertz CT molecular complexity index is 710. The number of nitrogens with zero attached hydrogens (tertiary/aromatic N) is 1. The maximum absolute atomic E-state index is 12.5. The molecule has 5 heteroatoms. The lowest BCUT2D eigenvalue weighted by molar-refractivity contribution is 0.0924. The molecule has 26 heavy (non-hydrogen) atoms. The SMILES string of the molecule is COc1ccc(C(=O)NC[C@H](c2ccc(Cl)cc2)N2CCCCC2)cc1. The molecule has 1 fully saturated rings. The maximum Gasteiger partial charge on any atom is 0.251 e. The number of carbonyl (C=O) groups excluding carboxylic acids is 1. The van der Waals surface area contributed by atoms with Crippen molar-refractivity contribution in [2.24, 2.45) is 0 Å². The molecule has 0 spiro atoms. The molecule has 1 amide bonds. The summed E-state index contributed by atoms with van der Waals surface area (Å²) >= 11 is 6.04. The van der Waals surface area contributed by atoms with E-state index in [0.29, 0.717) is 12.1 Å². The zero-order valence-electron chi connectivity index (χ0n) is 15.1. The smallest absolute Gasteiger partial charge is 0.251 e. The zero-order chi connectivity index (χ0) is 18.4. The van der Waals surface area contributed by atoms with Crippen LogP contribution in [0.3, 0.4) is 0 Å². The molecule has 0 saturated carbocycles. The second kappa shape index (κ2) is 9.06. The standard InChI is InChI=1S/C21H25ClN2O2/c1-26-19-11-7-17(8-12-19)21(25)23-15-20(24-13-3-2-4-14-24)16-5-9-18(22)10-6-16/h5-12,20H,2-4,13-15H2,1H3,(H,23,25)/t20-/m1/s1. The van der Waals surface area contributed by atoms with Crippen molar-refractivity contribution in [2.75, 3.05) is 26.7 Å². The number of rotatable bonds is 6. The number of carbonyl (C=O) groups is 1. The van der Waals surface area contributed by atoms with Crippen LogP contribution in [0.25, 0.3) is 0 Å². The number of nitrogens with one attached hydrogen (secondary N) is 1. The highest BCUT2D eigenvalue weighted by Crippen LogP contribution is 2.25. The summed E-state index contributed by atoms with van der Waals surface area (Å²) in [5, 5.41) is 3.82. The van der Waals surface area contributed by atoms with Gasteiger partial charge in [0.25, 0.3) is 5.91 Å². The third kappa shape index (κ3) is 4.77. The minimum Gasteiger partial charge on any atom is -0.497 e. The van der Waals surface area contributed by atoms with Crippen LogP contribution >= 0.6 is 11.6 Å². The van der Waals surface area contributed by atoms with Gasteiger partial charge < -0.3 is 10.1 Å². The lowest BCUT2D eigenvalue weighted by Crippen LogP contribution is -2.40. The van der Waals surface area contributed by atoms with E-state index in [1.165, 1.54) is 24.8 Å². The molecule has 138 valence electrons. The van der Waals surface area contributed by atoms with Gasteiger partial charge in [-0.25, -0.2) is 0 Å². The van der Waals surface area contributed by atoms with Crippen LogP contribution in [-0.2, 0) is 0 Å². The minimum absolute atomic E-state index is 0.0661. The minimum atomic E-state index is -0.0661. The first-order valence-corrected chi connectivity index (χ1v) is 9.47. The van der Waals surface area contributed by atoms with E-state index in [1.54, 1.807) is 31.4 Å². The van der Waals surface area contributed by atoms with Gasteiger partial charge in [-0.1, -0.05) is 30.2 Å². The number of halogens is 1. The summed E-state index contributed by atoms with van der Waals surface area (Å²) < 4.78 is 5.14. The fourth-order valence-electron chi connectivity index (χ4n) is 3.41. The summed E-state index contributed by atoms with van der Waals surface area (Å²) in [4.78, 5) is 15.0. The molecular formula is C21H25ClN2O2. The Morgan fingerprint density at radius 3 is 2.35 bits per heavy atom. The Balaban J connectivity index is 1.70. The largest absolute Gasteiger partial charge is 0.497 e. The molecule has 0 unspecified atom stereocenters. The normalized spacial score (nSPS) is 16.1. The summed E-state index contributed by atoms with van der Waals surface area (Å²) in [5.41, 5.74) is 1.82. The molecule has 1 heterocycles. The lowest BCUT2D eigenvalue weighted by Gasteiger charge is -2.35. The van der Waals surface area contributed by atoms with Crippen LogP contribution in [0.1, 0.15) is 41.2 Å². The highest BCUT2D eigenvalue weighted by molar-refractivity contribution is 6.30. The van der Waals surface area contributed by atoms with Crippen LogP contribution in [0.4, 0.5) is 0 Å². The molecule has 0 radical (unpaired) electrons. The van der Waals surface area contributed by atoms with Crippen molar-refractivity contribution < 1.29 is 9.53 Å². The molecule has 0 aliphatic carbocycles. The first-order chi connectivity index (χ1) is 12.7. The molecule has 1 aliphatic rings. The van der Waals surface area contributed by atoms with Gasteiger partial charge in [-0.3, -0.25) is 9.69 Å². The van der Waals surface area contributed by atoms with Crippen molar-refractivity contribution in [3.8, 4) is 5.75 Å². The van der Waals surface area contributed by atoms with Gasteiger partial charge in [-0.2, -0.15) is 0 Å². The van der Waals surface area contributed by atoms with Crippen LogP contribution < -0.4 is 10.1 Å². The van der Waals surface area contributed by atoms with E-state index in [-0.39, 0.29) is 11.9 Å². The summed E-state index contributed by atoms with van der Waals surface area (Å²) in [6.07, 6.45) is 3.69. The molecule has 0 aromatic heterocycles. The number of hydrogen-bond acceptors (Lipinski definition) is 3. The van der Waals surface area contributed by atoms with Gasteiger partial charge in [-0.15, -0.1) is 0 Å². The van der Waals surface area contributed by atoms with Crippen molar-refractivity contribution in [1.82, 2.24) is 10.2 Å². The van der Waals surface area contributed by atoms with Crippen molar-refractivity contribution in [2.45, 2.75) is 25.3 Å². The molecular weight excluding hydrogens is 348 g/mol. The maximum atomic E-state index is 12.5. The summed E-state index contributed by atoms with van der Waals surface area (Å²) in [7, 11) is 1.62. The van der Waals surface area contributed by atoms with Gasteiger partial charge in [0.1, 0.15) is 5.75 Å². The Morgan fingerprint density at radius 2 is 1.73 bits per heavy atom.